The molecule has 0 aliphatic rings. The fourth-order valence-electron chi connectivity index (χ4n) is 1.64. The second-order valence-electron chi connectivity index (χ2n) is 3.91. The number of nitrogens with zero attached hydrogens (tertiary/aromatic N) is 2. The van der Waals surface area contributed by atoms with E-state index in [1.165, 1.54) is 30.5 Å². The van der Waals surface area contributed by atoms with Crippen molar-refractivity contribution in [3.63, 3.8) is 0 Å². The van der Waals surface area contributed by atoms with Crippen LogP contribution in [0.2, 0.25) is 0 Å². The molecule has 8 nitrogen and oxygen atoms in total. The molecule has 0 atom stereocenters. The van der Waals surface area contributed by atoms with Crippen LogP contribution in [-0.2, 0) is 9.53 Å². The van der Waals surface area contributed by atoms with Gasteiger partial charge in [0.2, 0.25) is 0 Å². The average Bonchev–Trinajstić information content (AvgIpc) is 2.99. The average molecular weight is 292 g/mol. The Balaban J connectivity index is 2.28. The highest BCUT2D eigenvalue weighted by atomic mass is 16.6. The Bertz CT molecular complexity index is 638. The number of ether oxygens (including phenoxy) is 2. The molecule has 0 unspecified atom stereocenters. The summed E-state index contributed by atoms with van der Waals surface area (Å²) in [6, 6.07) is 5.51. The van der Waals surface area contributed by atoms with Gasteiger partial charge in [0, 0.05) is 18.2 Å². The molecule has 110 valence electrons. The number of non-ortho nitro benzene ring substituents is 1. The maximum Gasteiger partial charge on any atom is 0.344 e. The first-order chi connectivity index (χ1) is 10.1. The molecule has 8 heteroatoms. The fraction of sp³-hybridized carbons (Fsp3) is 0.231. The van der Waals surface area contributed by atoms with Crippen LogP contribution in [0, 0.1) is 10.1 Å². The zero-order chi connectivity index (χ0) is 15.2. The van der Waals surface area contributed by atoms with Gasteiger partial charge in [0.25, 0.3) is 5.69 Å². The molecular formula is C13H12N2O6. The van der Waals surface area contributed by atoms with E-state index in [1.807, 2.05) is 0 Å². The van der Waals surface area contributed by atoms with Crippen molar-refractivity contribution >= 4 is 11.7 Å². The predicted octanol–water partition coefficient (Wildman–Crippen LogP) is 2.19. The van der Waals surface area contributed by atoms with Crippen molar-refractivity contribution in [3.8, 4) is 17.1 Å². The van der Waals surface area contributed by atoms with Gasteiger partial charge in [-0.25, -0.2) is 4.79 Å². The Morgan fingerprint density at radius 1 is 1.43 bits per heavy atom. The van der Waals surface area contributed by atoms with Gasteiger partial charge in [-0.2, -0.15) is 0 Å². The topological polar surface area (TPSA) is 105 Å². The van der Waals surface area contributed by atoms with Crippen molar-refractivity contribution in [1.29, 1.82) is 0 Å². The first-order valence-corrected chi connectivity index (χ1v) is 6.09. The van der Waals surface area contributed by atoms with Gasteiger partial charge in [-0.3, -0.25) is 10.1 Å². The van der Waals surface area contributed by atoms with Gasteiger partial charge in [0.05, 0.1) is 23.3 Å². The highest BCUT2D eigenvalue weighted by Gasteiger charge is 2.17. The zero-order valence-electron chi connectivity index (χ0n) is 11.1. The molecule has 0 fully saturated rings. The van der Waals surface area contributed by atoms with Crippen LogP contribution in [0.15, 0.2) is 35.0 Å². The van der Waals surface area contributed by atoms with Gasteiger partial charge >= 0.3 is 5.97 Å². The van der Waals surface area contributed by atoms with Gasteiger partial charge < -0.3 is 14.0 Å². The number of rotatable bonds is 6. The molecule has 0 saturated carbocycles. The summed E-state index contributed by atoms with van der Waals surface area (Å²) in [5, 5.41) is 14.4. The molecule has 2 aromatic rings. The van der Waals surface area contributed by atoms with Crippen LogP contribution in [0.3, 0.4) is 0 Å². The van der Waals surface area contributed by atoms with Crippen LogP contribution >= 0.6 is 0 Å². The summed E-state index contributed by atoms with van der Waals surface area (Å²) in [4.78, 5) is 21.6. The number of carbonyl (C=O) groups excluding carboxylic acids is 1. The van der Waals surface area contributed by atoms with Crippen molar-refractivity contribution in [2.75, 3.05) is 13.2 Å². The SMILES string of the molecule is CCOC(=O)COc1ccc([N+](=O)[O-])cc1-c1ccno1. The summed E-state index contributed by atoms with van der Waals surface area (Å²) in [6.45, 7) is 1.63. The van der Waals surface area contributed by atoms with Gasteiger partial charge in [0.1, 0.15) is 5.75 Å². The second-order valence-corrected chi connectivity index (χ2v) is 3.91. The summed E-state index contributed by atoms with van der Waals surface area (Å²) >= 11 is 0. The van der Waals surface area contributed by atoms with E-state index in [1.54, 1.807) is 6.92 Å². The first-order valence-electron chi connectivity index (χ1n) is 6.09. The third-order valence-corrected chi connectivity index (χ3v) is 2.53. The lowest BCUT2D eigenvalue weighted by Gasteiger charge is -2.09. The molecule has 1 aromatic heterocycles. The number of benzene rings is 1. The van der Waals surface area contributed by atoms with Crippen LogP contribution in [-0.4, -0.2) is 29.3 Å². The minimum absolute atomic E-state index is 0.120. The van der Waals surface area contributed by atoms with Crippen LogP contribution in [0.4, 0.5) is 5.69 Å². The Labute approximate surface area is 119 Å². The van der Waals surface area contributed by atoms with Crippen LogP contribution in [0.5, 0.6) is 5.75 Å². The monoisotopic (exact) mass is 292 g/mol. The van der Waals surface area contributed by atoms with E-state index in [0.29, 0.717) is 11.3 Å². The second kappa shape index (κ2) is 6.51. The van der Waals surface area contributed by atoms with Crippen molar-refractivity contribution in [3.05, 3.63) is 40.6 Å². The molecular weight excluding hydrogens is 280 g/mol. The molecule has 1 heterocycles. The van der Waals surface area contributed by atoms with Crippen LogP contribution in [0.1, 0.15) is 6.92 Å². The summed E-state index contributed by atoms with van der Waals surface area (Å²) < 4.78 is 15.1. The van der Waals surface area contributed by atoms with E-state index < -0.39 is 10.9 Å². The van der Waals surface area contributed by atoms with Gasteiger partial charge in [-0.05, 0) is 13.0 Å². The van der Waals surface area contributed by atoms with E-state index >= 15 is 0 Å². The lowest BCUT2D eigenvalue weighted by Crippen LogP contribution is -2.14. The third kappa shape index (κ3) is 3.56. The molecule has 0 spiro atoms. The van der Waals surface area contributed by atoms with E-state index in [4.69, 9.17) is 14.0 Å². The van der Waals surface area contributed by atoms with E-state index in [-0.39, 0.29) is 24.7 Å². The molecule has 0 saturated heterocycles. The summed E-state index contributed by atoms with van der Waals surface area (Å²) in [5.74, 6) is 0.0438. The normalized spacial score (nSPS) is 10.1. The first kappa shape index (κ1) is 14.5. The minimum Gasteiger partial charge on any atom is -0.481 e. The molecule has 0 aliphatic heterocycles. The standard InChI is InChI=1S/C13H12N2O6/c1-2-19-13(16)8-20-11-4-3-9(15(17)18)7-10(11)12-5-6-14-21-12/h3-7H,2,8H2,1H3. The number of hydrogen-bond donors (Lipinski definition) is 0. The molecule has 0 radical (unpaired) electrons. The third-order valence-electron chi connectivity index (χ3n) is 2.53. The Hall–Kier alpha value is -2.90. The van der Waals surface area contributed by atoms with E-state index in [9.17, 15) is 14.9 Å². The number of carbonyl (C=O) groups is 1. The van der Waals surface area contributed by atoms with E-state index in [2.05, 4.69) is 5.16 Å². The lowest BCUT2D eigenvalue weighted by molar-refractivity contribution is -0.384. The molecule has 0 aliphatic carbocycles. The van der Waals surface area contributed by atoms with E-state index in [0.717, 1.165) is 0 Å². The van der Waals surface area contributed by atoms with Crippen molar-refractivity contribution in [1.82, 2.24) is 5.16 Å². The molecule has 1 aromatic carbocycles. The largest absolute Gasteiger partial charge is 0.481 e. The smallest absolute Gasteiger partial charge is 0.344 e. The van der Waals surface area contributed by atoms with Crippen LogP contribution < -0.4 is 4.74 Å². The molecule has 0 bridgehead atoms. The Kier molecular flexibility index (Phi) is 4.50. The molecule has 0 N–H and O–H groups in total. The minimum atomic E-state index is -0.533. The highest BCUT2D eigenvalue weighted by Crippen LogP contribution is 2.33. The summed E-state index contributed by atoms with van der Waals surface area (Å²) in [5.41, 5.74) is 0.218. The van der Waals surface area contributed by atoms with Crippen LogP contribution in [0.25, 0.3) is 11.3 Å². The Morgan fingerprint density at radius 2 is 2.24 bits per heavy atom. The lowest BCUT2D eigenvalue weighted by atomic mass is 10.1. The zero-order valence-corrected chi connectivity index (χ0v) is 11.1. The number of esters is 1. The fourth-order valence-corrected chi connectivity index (χ4v) is 1.64. The number of nitro benzene ring substituents is 1. The van der Waals surface area contributed by atoms with Gasteiger partial charge in [-0.15, -0.1) is 0 Å². The summed E-state index contributed by atoms with van der Waals surface area (Å²) in [6.07, 6.45) is 1.41. The predicted molar refractivity (Wildman–Crippen MR) is 70.7 cm³/mol. The highest BCUT2D eigenvalue weighted by molar-refractivity contribution is 5.73. The molecule has 0 amide bonds. The molecule has 2 rings (SSSR count). The van der Waals surface area contributed by atoms with Crippen molar-refractivity contribution < 1.29 is 23.7 Å². The number of nitro groups is 1. The Morgan fingerprint density at radius 3 is 2.86 bits per heavy atom. The number of hydrogen-bond acceptors (Lipinski definition) is 7. The van der Waals surface area contributed by atoms with Crippen molar-refractivity contribution in [2.24, 2.45) is 0 Å². The number of aromatic nitrogens is 1. The van der Waals surface area contributed by atoms with Gasteiger partial charge in [-0.1, -0.05) is 5.16 Å². The quantitative estimate of drug-likeness (QED) is 0.456. The van der Waals surface area contributed by atoms with Gasteiger partial charge in [0.15, 0.2) is 12.4 Å². The molecule has 21 heavy (non-hydrogen) atoms. The maximum absolute atomic E-state index is 11.3. The maximum atomic E-state index is 11.3. The summed E-state index contributed by atoms with van der Waals surface area (Å²) in [7, 11) is 0. The van der Waals surface area contributed by atoms with Crippen molar-refractivity contribution in [2.45, 2.75) is 6.92 Å².